The van der Waals surface area contributed by atoms with Crippen LogP contribution in [-0.4, -0.2) is 39.6 Å². The first-order valence-corrected chi connectivity index (χ1v) is 4.45. The molecule has 0 aromatic heterocycles. The summed E-state index contributed by atoms with van der Waals surface area (Å²) in [6.45, 7) is 1.81. The molecular formula is C6H10IN3O. The fourth-order valence-electron chi connectivity index (χ4n) is 1.49. The van der Waals surface area contributed by atoms with Crippen LogP contribution in [0.3, 0.4) is 0 Å². The molecule has 2 N–H and O–H groups in total. The fraction of sp³-hybridized carbons (Fsp3) is 0.667. The zero-order chi connectivity index (χ0) is 8.01. The van der Waals surface area contributed by atoms with E-state index in [9.17, 15) is 5.11 Å². The number of aliphatic hydroxyl groups is 1. The third-order valence-corrected chi connectivity index (χ3v) is 2.89. The number of halogens is 1. The molecule has 0 bridgehead atoms. The number of likely N-dealkylation sites (N-methyl/N-ethyl adjacent to an activating group) is 1. The van der Waals surface area contributed by atoms with E-state index in [1.165, 1.54) is 5.70 Å². The van der Waals surface area contributed by atoms with Crippen LogP contribution in [0.15, 0.2) is 11.3 Å². The SMILES string of the molecule is CN1CC2=C(C1)N(I)NC2O. The van der Waals surface area contributed by atoms with Crippen LogP contribution in [-0.2, 0) is 0 Å². The van der Waals surface area contributed by atoms with E-state index in [1.54, 1.807) is 0 Å². The summed E-state index contributed by atoms with van der Waals surface area (Å²) in [7, 11) is 2.05. The van der Waals surface area contributed by atoms with Crippen LogP contribution in [0.2, 0.25) is 0 Å². The summed E-state index contributed by atoms with van der Waals surface area (Å²) >= 11 is 2.15. The minimum Gasteiger partial charge on any atom is -0.373 e. The van der Waals surface area contributed by atoms with Gasteiger partial charge in [0.15, 0.2) is 0 Å². The van der Waals surface area contributed by atoms with Crippen molar-refractivity contribution in [1.82, 2.24) is 13.5 Å². The third-order valence-electron chi connectivity index (χ3n) is 2.03. The highest BCUT2D eigenvalue weighted by atomic mass is 127. The second kappa shape index (κ2) is 2.58. The van der Waals surface area contributed by atoms with Crippen LogP contribution in [0, 0.1) is 0 Å². The molecule has 2 heterocycles. The quantitative estimate of drug-likeness (QED) is 0.466. The zero-order valence-electron chi connectivity index (χ0n) is 6.21. The van der Waals surface area contributed by atoms with E-state index in [2.05, 4.69) is 40.2 Å². The van der Waals surface area contributed by atoms with Crippen LogP contribution in [0.4, 0.5) is 0 Å². The molecular weight excluding hydrogens is 257 g/mol. The normalized spacial score (nSPS) is 31.9. The predicted molar refractivity (Wildman–Crippen MR) is 49.5 cm³/mol. The van der Waals surface area contributed by atoms with Gasteiger partial charge >= 0.3 is 0 Å². The van der Waals surface area contributed by atoms with Gasteiger partial charge in [0.25, 0.3) is 0 Å². The summed E-state index contributed by atoms with van der Waals surface area (Å²) in [6.07, 6.45) is -0.466. The molecule has 5 heteroatoms. The van der Waals surface area contributed by atoms with Gasteiger partial charge in [-0.2, -0.15) is 5.43 Å². The van der Waals surface area contributed by atoms with Crippen molar-refractivity contribution >= 4 is 22.9 Å². The number of nitrogens with zero attached hydrogens (tertiary/aromatic N) is 2. The number of aliphatic hydroxyl groups excluding tert-OH is 1. The van der Waals surface area contributed by atoms with Gasteiger partial charge in [0, 0.05) is 18.7 Å². The van der Waals surface area contributed by atoms with Crippen molar-refractivity contribution in [2.75, 3.05) is 20.1 Å². The topological polar surface area (TPSA) is 38.7 Å². The van der Waals surface area contributed by atoms with Gasteiger partial charge in [-0.3, -0.25) is 4.90 Å². The molecule has 2 aliphatic rings. The van der Waals surface area contributed by atoms with Gasteiger partial charge in [0.1, 0.15) is 6.23 Å². The number of rotatable bonds is 0. The molecule has 0 aliphatic carbocycles. The minimum absolute atomic E-state index is 0.466. The summed E-state index contributed by atoms with van der Waals surface area (Å²) in [5.74, 6) is 0. The maximum atomic E-state index is 9.45. The highest BCUT2D eigenvalue weighted by Gasteiger charge is 2.33. The average molecular weight is 267 g/mol. The lowest BCUT2D eigenvalue weighted by atomic mass is 10.2. The van der Waals surface area contributed by atoms with Crippen LogP contribution >= 0.6 is 22.9 Å². The van der Waals surface area contributed by atoms with Gasteiger partial charge in [-0.25, -0.2) is 3.22 Å². The molecule has 62 valence electrons. The van der Waals surface area contributed by atoms with Crippen molar-refractivity contribution in [1.29, 1.82) is 0 Å². The van der Waals surface area contributed by atoms with Crippen molar-refractivity contribution in [3.8, 4) is 0 Å². The number of hydrogen-bond acceptors (Lipinski definition) is 4. The molecule has 0 spiro atoms. The third kappa shape index (κ3) is 1.16. The van der Waals surface area contributed by atoms with Crippen molar-refractivity contribution in [3.63, 3.8) is 0 Å². The minimum atomic E-state index is -0.466. The largest absolute Gasteiger partial charge is 0.373 e. The molecule has 0 radical (unpaired) electrons. The lowest BCUT2D eigenvalue weighted by Gasteiger charge is -2.18. The Balaban J connectivity index is 2.23. The Morgan fingerprint density at radius 1 is 1.64 bits per heavy atom. The van der Waals surface area contributed by atoms with Crippen LogP contribution in [0.1, 0.15) is 0 Å². The molecule has 0 saturated carbocycles. The highest BCUT2D eigenvalue weighted by Crippen LogP contribution is 2.28. The Morgan fingerprint density at radius 2 is 2.36 bits per heavy atom. The van der Waals surface area contributed by atoms with Gasteiger partial charge in [-0.05, 0) is 7.05 Å². The van der Waals surface area contributed by atoms with Crippen molar-refractivity contribution in [2.24, 2.45) is 0 Å². The van der Waals surface area contributed by atoms with Crippen LogP contribution in [0.5, 0.6) is 0 Å². The van der Waals surface area contributed by atoms with Crippen molar-refractivity contribution < 1.29 is 5.11 Å². The molecule has 0 fully saturated rings. The molecule has 0 aromatic rings. The Kier molecular flexibility index (Phi) is 1.82. The van der Waals surface area contributed by atoms with E-state index >= 15 is 0 Å². The second-order valence-corrected chi connectivity index (χ2v) is 3.92. The molecule has 2 aliphatic heterocycles. The van der Waals surface area contributed by atoms with Crippen molar-refractivity contribution in [3.05, 3.63) is 11.3 Å². The van der Waals surface area contributed by atoms with E-state index in [4.69, 9.17) is 0 Å². The summed E-state index contributed by atoms with van der Waals surface area (Å²) in [5, 5.41) is 9.45. The molecule has 11 heavy (non-hydrogen) atoms. The summed E-state index contributed by atoms with van der Waals surface area (Å²) in [4.78, 5) is 2.18. The van der Waals surface area contributed by atoms with E-state index < -0.39 is 6.23 Å². The Morgan fingerprint density at radius 3 is 3.00 bits per heavy atom. The maximum Gasteiger partial charge on any atom is 0.147 e. The maximum absolute atomic E-state index is 9.45. The van der Waals surface area contributed by atoms with Gasteiger partial charge in [0.05, 0.1) is 28.6 Å². The van der Waals surface area contributed by atoms with Gasteiger partial charge in [-0.1, -0.05) is 0 Å². The predicted octanol–water partition coefficient (Wildman–Crippen LogP) is -0.325. The average Bonchev–Trinajstić information content (AvgIpc) is 2.38. The number of hydrogen-bond donors (Lipinski definition) is 2. The van der Waals surface area contributed by atoms with Gasteiger partial charge < -0.3 is 5.11 Å². The van der Waals surface area contributed by atoms with Gasteiger partial charge in [-0.15, -0.1) is 0 Å². The smallest absolute Gasteiger partial charge is 0.147 e. The fourth-order valence-corrected chi connectivity index (χ4v) is 2.22. The zero-order valence-corrected chi connectivity index (χ0v) is 8.37. The molecule has 0 saturated heterocycles. The van der Waals surface area contributed by atoms with Gasteiger partial charge in [0.2, 0.25) is 0 Å². The first-order chi connectivity index (χ1) is 5.18. The van der Waals surface area contributed by atoms with Crippen molar-refractivity contribution in [2.45, 2.75) is 6.23 Å². The Hall–Kier alpha value is 0.150. The number of hydrazine groups is 1. The summed E-state index contributed by atoms with van der Waals surface area (Å²) in [5.41, 5.74) is 5.24. The Bertz CT molecular complexity index is 198. The number of nitrogens with one attached hydrogen (secondary N) is 1. The first kappa shape index (κ1) is 7.78. The second-order valence-electron chi connectivity index (χ2n) is 2.96. The van der Waals surface area contributed by atoms with E-state index in [1.807, 2.05) is 3.22 Å². The monoisotopic (exact) mass is 267 g/mol. The lowest BCUT2D eigenvalue weighted by Crippen LogP contribution is -2.35. The van der Waals surface area contributed by atoms with Crippen LogP contribution < -0.4 is 5.43 Å². The molecule has 1 unspecified atom stereocenters. The summed E-state index contributed by atoms with van der Waals surface area (Å²) < 4.78 is 1.88. The molecule has 4 nitrogen and oxygen atoms in total. The Labute approximate surface area is 79.3 Å². The standard InChI is InChI=1S/C6H10IN3O/c1-9-2-4-5(3-9)10(7)8-6(4)11/h6,8,11H,2-3H2,1H3. The van der Waals surface area contributed by atoms with E-state index in [0.717, 1.165) is 18.7 Å². The summed E-state index contributed by atoms with van der Waals surface area (Å²) in [6, 6.07) is 0. The molecule has 2 rings (SSSR count). The van der Waals surface area contributed by atoms with E-state index in [-0.39, 0.29) is 0 Å². The van der Waals surface area contributed by atoms with Crippen LogP contribution in [0.25, 0.3) is 0 Å². The van der Waals surface area contributed by atoms with E-state index in [0.29, 0.717) is 0 Å². The molecule has 0 amide bonds. The molecule has 0 aromatic carbocycles. The first-order valence-electron chi connectivity index (χ1n) is 3.49. The highest BCUT2D eigenvalue weighted by molar-refractivity contribution is 14.1. The lowest BCUT2D eigenvalue weighted by molar-refractivity contribution is 0.144. The molecule has 1 atom stereocenters.